The first kappa shape index (κ1) is 20.2. The number of carbonyl (C=O) groups excluding carboxylic acids is 1. The molecule has 0 aliphatic rings. The van der Waals surface area contributed by atoms with Crippen LogP contribution in [0.25, 0.3) is 11.0 Å². The average Bonchev–Trinajstić information content (AvgIpc) is 2.65. The zero-order valence-electron chi connectivity index (χ0n) is 15.5. The first-order valence-corrected chi connectivity index (χ1v) is 8.48. The van der Waals surface area contributed by atoms with Crippen LogP contribution in [0, 0.1) is 0 Å². The van der Waals surface area contributed by atoms with Gasteiger partial charge in [0, 0.05) is 31.6 Å². The van der Waals surface area contributed by atoms with Crippen LogP contribution >= 0.6 is 0 Å². The highest BCUT2D eigenvalue weighted by Crippen LogP contribution is 2.34. The molecule has 0 atom stereocenters. The molecular weight excluding hydrogens is 389 g/mol. The number of hydrogen-bond donors (Lipinski definition) is 1. The molecular formula is C20H17F3N2O4. The molecule has 2 aromatic carbocycles. The standard InChI is InChI=1S/C20H17F3N2O4/c1-25(2)16-7-5-13(20(21,22)23)9-15(16)24-18(26)11-28-14-6-3-12-4-8-19(27)29-17(12)10-14/h3-10H,11H2,1-2H3,(H,24,26). The number of hydrogen-bond acceptors (Lipinski definition) is 5. The monoisotopic (exact) mass is 406 g/mol. The first-order valence-electron chi connectivity index (χ1n) is 8.48. The Morgan fingerprint density at radius 3 is 2.52 bits per heavy atom. The van der Waals surface area contributed by atoms with Crippen LogP contribution in [-0.2, 0) is 11.0 Å². The summed E-state index contributed by atoms with van der Waals surface area (Å²) in [5.74, 6) is -0.360. The van der Waals surface area contributed by atoms with Crippen molar-refractivity contribution in [3.63, 3.8) is 0 Å². The smallest absolute Gasteiger partial charge is 0.416 e. The topological polar surface area (TPSA) is 71.8 Å². The fraction of sp³-hybridized carbons (Fsp3) is 0.200. The van der Waals surface area contributed by atoms with Gasteiger partial charge in [0.1, 0.15) is 11.3 Å². The molecule has 0 saturated carbocycles. The Balaban J connectivity index is 1.74. The van der Waals surface area contributed by atoms with Gasteiger partial charge in [0.2, 0.25) is 0 Å². The van der Waals surface area contributed by atoms with Gasteiger partial charge in [-0.1, -0.05) is 0 Å². The van der Waals surface area contributed by atoms with Crippen molar-refractivity contribution in [2.75, 3.05) is 30.9 Å². The summed E-state index contributed by atoms with van der Waals surface area (Å²) in [5, 5.41) is 3.12. The van der Waals surface area contributed by atoms with Gasteiger partial charge in [0.05, 0.1) is 16.9 Å². The van der Waals surface area contributed by atoms with Crippen molar-refractivity contribution >= 4 is 28.3 Å². The summed E-state index contributed by atoms with van der Waals surface area (Å²) >= 11 is 0. The number of nitrogens with zero attached hydrogens (tertiary/aromatic N) is 1. The molecule has 0 bridgehead atoms. The number of halogens is 3. The van der Waals surface area contributed by atoms with E-state index in [4.69, 9.17) is 9.15 Å². The minimum atomic E-state index is -4.53. The number of alkyl halides is 3. The highest BCUT2D eigenvalue weighted by atomic mass is 19.4. The SMILES string of the molecule is CN(C)c1ccc(C(F)(F)F)cc1NC(=O)COc1ccc2ccc(=O)oc2c1. The third-order valence-electron chi connectivity index (χ3n) is 4.04. The van der Waals surface area contributed by atoms with Crippen molar-refractivity contribution in [2.45, 2.75) is 6.18 Å². The molecule has 29 heavy (non-hydrogen) atoms. The third-order valence-corrected chi connectivity index (χ3v) is 4.04. The predicted octanol–water partition coefficient (Wildman–Crippen LogP) is 3.90. The van der Waals surface area contributed by atoms with Crippen molar-refractivity contribution in [1.29, 1.82) is 0 Å². The van der Waals surface area contributed by atoms with Crippen molar-refractivity contribution in [1.82, 2.24) is 0 Å². The quantitative estimate of drug-likeness (QED) is 0.651. The molecule has 0 fully saturated rings. The van der Waals surface area contributed by atoms with E-state index in [2.05, 4.69) is 5.32 Å². The normalized spacial score (nSPS) is 11.3. The Kier molecular flexibility index (Phi) is 5.49. The van der Waals surface area contributed by atoms with Gasteiger partial charge in [0.15, 0.2) is 6.61 Å². The van der Waals surface area contributed by atoms with Gasteiger partial charge < -0.3 is 19.4 Å². The molecule has 1 heterocycles. The Morgan fingerprint density at radius 2 is 1.83 bits per heavy atom. The van der Waals surface area contributed by atoms with E-state index in [9.17, 15) is 22.8 Å². The van der Waals surface area contributed by atoms with E-state index in [1.165, 1.54) is 18.2 Å². The van der Waals surface area contributed by atoms with Crippen LogP contribution in [0.1, 0.15) is 5.56 Å². The first-order chi connectivity index (χ1) is 13.6. The largest absolute Gasteiger partial charge is 0.484 e. The number of fused-ring (bicyclic) bond motifs is 1. The van der Waals surface area contributed by atoms with Crippen LogP contribution in [0.4, 0.5) is 24.5 Å². The van der Waals surface area contributed by atoms with E-state index in [0.29, 0.717) is 16.7 Å². The van der Waals surface area contributed by atoms with Crippen molar-refractivity contribution in [3.05, 3.63) is 64.5 Å². The minimum absolute atomic E-state index is 0.0166. The van der Waals surface area contributed by atoms with E-state index in [1.54, 1.807) is 37.2 Å². The maximum atomic E-state index is 13.0. The van der Waals surface area contributed by atoms with Gasteiger partial charge >= 0.3 is 11.8 Å². The van der Waals surface area contributed by atoms with Gasteiger partial charge in [-0.25, -0.2) is 4.79 Å². The summed E-state index contributed by atoms with van der Waals surface area (Å²) < 4.78 is 49.4. The lowest BCUT2D eigenvalue weighted by Crippen LogP contribution is -2.22. The van der Waals surface area contributed by atoms with E-state index < -0.39 is 29.9 Å². The molecule has 152 valence electrons. The summed E-state index contributed by atoms with van der Waals surface area (Å²) in [5.41, 5.74) is -0.665. The zero-order valence-corrected chi connectivity index (χ0v) is 15.5. The number of rotatable bonds is 5. The number of anilines is 2. The zero-order chi connectivity index (χ0) is 21.2. The van der Waals surface area contributed by atoms with E-state index in [-0.39, 0.29) is 11.4 Å². The Bertz CT molecular complexity index is 1110. The van der Waals surface area contributed by atoms with E-state index in [0.717, 1.165) is 12.1 Å². The van der Waals surface area contributed by atoms with Gasteiger partial charge in [-0.3, -0.25) is 4.79 Å². The van der Waals surface area contributed by atoms with Crippen molar-refractivity contribution in [3.8, 4) is 5.75 Å². The lowest BCUT2D eigenvalue weighted by molar-refractivity contribution is -0.137. The Morgan fingerprint density at radius 1 is 1.10 bits per heavy atom. The molecule has 0 unspecified atom stereocenters. The minimum Gasteiger partial charge on any atom is -0.484 e. The lowest BCUT2D eigenvalue weighted by Gasteiger charge is -2.20. The van der Waals surface area contributed by atoms with Gasteiger partial charge in [-0.15, -0.1) is 0 Å². The fourth-order valence-electron chi connectivity index (χ4n) is 2.67. The van der Waals surface area contributed by atoms with Crippen LogP contribution in [0.2, 0.25) is 0 Å². The van der Waals surface area contributed by atoms with Crippen molar-refractivity contribution < 1.29 is 27.1 Å². The van der Waals surface area contributed by atoms with Crippen LogP contribution in [0.15, 0.2) is 57.7 Å². The molecule has 1 aromatic heterocycles. The molecule has 3 rings (SSSR count). The molecule has 1 N–H and O–H groups in total. The summed E-state index contributed by atoms with van der Waals surface area (Å²) in [6.07, 6.45) is -4.53. The van der Waals surface area contributed by atoms with E-state index in [1.807, 2.05) is 0 Å². The molecule has 0 aliphatic carbocycles. The summed E-state index contributed by atoms with van der Waals surface area (Å²) in [6.45, 7) is -0.439. The van der Waals surface area contributed by atoms with Crippen LogP contribution in [0.5, 0.6) is 5.75 Å². The highest BCUT2D eigenvalue weighted by molar-refractivity contribution is 5.95. The summed E-state index contributed by atoms with van der Waals surface area (Å²) in [4.78, 5) is 25.1. The fourth-order valence-corrected chi connectivity index (χ4v) is 2.67. The number of amides is 1. The second-order valence-electron chi connectivity index (χ2n) is 6.42. The van der Waals surface area contributed by atoms with Crippen LogP contribution < -0.4 is 20.6 Å². The van der Waals surface area contributed by atoms with Gasteiger partial charge in [-0.2, -0.15) is 13.2 Å². The molecule has 0 aliphatic heterocycles. The molecule has 9 heteroatoms. The Labute approximate surface area is 163 Å². The number of ether oxygens (including phenoxy) is 1. The Hall–Kier alpha value is -3.49. The number of benzene rings is 2. The molecule has 0 radical (unpaired) electrons. The lowest BCUT2D eigenvalue weighted by atomic mass is 10.1. The van der Waals surface area contributed by atoms with Crippen molar-refractivity contribution in [2.24, 2.45) is 0 Å². The van der Waals surface area contributed by atoms with Gasteiger partial charge in [0.25, 0.3) is 5.91 Å². The summed E-state index contributed by atoms with van der Waals surface area (Å²) in [6, 6.07) is 10.7. The van der Waals surface area contributed by atoms with Crippen LogP contribution in [0.3, 0.4) is 0 Å². The van der Waals surface area contributed by atoms with Crippen LogP contribution in [-0.4, -0.2) is 26.6 Å². The second kappa shape index (κ2) is 7.86. The molecule has 1 amide bonds. The maximum Gasteiger partial charge on any atom is 0.416 e. The average molecular weight is 406 g/mol. The third kappa shape index (κ3) is 4.87. The molecule has 6 nitrogen and oxygen atoms in total. The van der Waals surface area contributed by atoms with Gasteiger partial charge in [-0.05, 0) is 36.4 Å². The maximum absolute atomic E-state index is 13.0. The molecule has 0 saturated heterocycles. The number of nitrogens with one attached hydrogen (secondary N) is 1. The molecule has 3 aromatic rings. The predicted molar refractivity (Wildman–Crippen MR) is 102 cm³/mol. The van der Waals surface area contributed by atoms with E-state index >= 15 is 0 Å². The highest BCUT2D eigenvalue weighted by Gasteiger charge is 2.31. The second-order valence-corrected chi connectivity index (χ2v) is 6.42. The molecule has 0 spiro atoms. The summed E-state index contributed by atoms with van der Waals surface area (Å²) in [7, 11) is 3.30. The number of carbonyl (C=O) groups is 1.